The van der Waals surface area contributed by atoms with Gasteiger partial charge >= 0.3 is 6.03 Å². The number of carbonyl (C=O) groups excluding carboxylic acids is 3. The summed E-state index contributed by atoms with van der Waals surface area (Å²) in [6.45, 7) is 1.61. The molecule has 0 atom stereocenters. The Kier molecular flexibility index (Phi) is 5.11. The molecule has 0 spiro atoms. The number of hydrogen-bond donors (Lipinski definition) is 1. The third kappa shape index (κ3) is 3.76. The first-order valence-corrected chi connectivity index (χ1v) is 9.27. The number of barbiturate groups is 1. The molecule has 1 fully saturated rings. The average molecular weight is 435 g/mol. The van der Waals surface area contributed by atoms with Gasteiger partial charge in [0.05, 0.1) is 10.6 Å². The van der Waals surface area contributed by atoms with Gasteiger partial charge in [-0.2, -0.15) is 0 Å². The molecule has 1 N–H and O–H groups in total. The number of nitro groups is 1. The molecule has 0 unspecified atom stereocenters. The lowest BCUT2D eigenvalue weighted by atomic mass is 10.1. The maximum Gasteiger partial charge on any atom is 0.335 e. The van der Waals surface area contributed by atoms with Crippen molar-refractivity contribution < 1.29 is 28.1 Å². The van der Waals surface area contributed by atoms with Gasteiger partial charge in [0.1, 0.15) is 22.9 Å². The van der Waals surface area contributed by atoms with Crippen LogP contribution in [-0.2, 0) is 9.59 Å². The number of furan rings is 1. The van der Waals surface area contributed by atoms with Crippen LogP contribution in [0.2, 0.25) is 0 Å². The maximum absolute atomic E-state index is 13.2. The first kappa shape index (κ1) is 20.7. The van der Waals surface area contributed by atoms with Gasteiger partial charge in [-0.1, -0.05) is 12.1 Å². The van der Waals surface area contributed by atoms with E-state index < -0.39 is 28.6 Å². The normalized spacial score (nSPS) is 15.2. The SMILES string of the molecule is Cc1ccc(-c2ccc(/C=C3\C(=O)NC(=O)N(c4ccc(F)cc4)C3=O)o2)cc1[N+](=O)[O-]. The van der Waals surface area contributed by atoms with Crippen LogP contribution >= 0.6 is 0 Å². The topological polar surface area (TPSA) is 123 Å². The molecular weight excluding hydrogens is 421 g/mol. The predicted octanol–water partition coefficient (Wildman–Crippen LogP) is 3.97. The number of benzene rings is 2. The molecule has 9 nitrogen and oxygen atoms in total. The number of halogens is 1. The number of imide groups is 2. The molecule has 1 aliphatic heterocycles. The molecule has 4 rings (SSSR count). The minimum Gasteiger partial charge on any atom is -0.457 e. The van der Waals surface area contributed by atoms with Gasteiger partial charge in [0.15, 0.2) is 0 Å². The standard InChI is InChI=1S/C22H14FN3O6/c1-12-2-3-13(10-18(12)26(30)31)19-9-8-16(32-19)11-17-20(27)24-22(29)25(21(17)28)15-6-4-14(23)5-7-15/h2-11H,1H3,(H,24,27,29)/b17-11+. The van der Waals surface area contributed by atoms with Crippen molar-refractivity contribution in [3.05, 3.63) is 87.4 Å². The number of carbonyl (C=O) groups is 3. The Morgan fingerprint density at radius 3 is 2.47 bits per heavy atom. The van der Waals surface area contributed by atoms with Crippen molar-refractivity contribution >= 4 is 35.3 Å². The number of nitrogens with zero attached hydrogens (tertiary/aromatic N) is 2. The van der Waals surface area contributed by atoms with E-state index in [1.165, 1.54) is 30.3 Å². The van der Waals surface area contributed by atoms with Gasteiger partial charge in [-0.15, -0.1) is 0 Å². The summed E-state index contributed by atoms with van der Waals surface area (Å²) in [5, 5.41) is 13.2. The quantitative estimate of drug-likeness (QED) is 0.286. The molecule has 4 amide bonds. The summed E-state index contributed by atoms with van der Waals surface area (Å²) in [7, 11) is 0. The Hall–Kier alpha value is -4.60. The molecule has 1 saturated heterocycles. The second kappa shape index (κ2) is 7.91. The lowest BCUT2D eigenvalue weighted by Crippen LogP contribution is -2.54. The van der Waals surface area contributed by atoms with E-state index in [-0.39, 0.29) is 28.5 Å². The number of urea groups is 1. The van der Waals surface area contributed by atoms with Gasteiger partial charge in [0, 0.05) is 17.2 Å². The summed E-state index contributed by atoms with van der Waals surface area (Å²) in [5.74, 6) is -1.97. The van der Waals surface area contributed by atoms with Crippen LogP contribution in [-0.4, -0.2) is 22.8 Å². The Bertz CT molecular complexity index is 1310. The predicted molar refractivity (Wildman–Crippen MR) is 111 cm³/mol. The number of rotatable bonds is 4. The van der Waals surface area contributed by atoms with Crippen molar-refractivity contribution in [2.45, 2.75) is 6.92 Å². The van der Waals surface area contributed by atoms with Gasteiger partial charge in [-0.3, -0.25) is 25.0 Å². The van der Waals surface area contributed by atoms with E-state index in [1.807, 2.05) is 0 Å². The summed E-state index contributed by atoms with van der Waals surface area (Å²) >= 11 is 0. The largest absolute Gasteiger partial charge is 0.457 e. The van der Waals surface area contributed by atoms with Crippen LogP contribution in [0.25, 0.3) is 17.4 Å². The highest BCUT2D eigenvalue weighted by atomic mass is 19.1. The van der Waals surface area contributed by atoms with Crippen molar-refractivity contribution in [2.24, 2.45) is 0 Å². The van der Waals surface area contributed by atoms with E-state index in [0.29, 0.717) is 16.0 Å². The van der Waals surface area contributed by atoms with Crippen molar-refractivity contribution in [3.63, 3.8) is 0 Å². The number of anilines is 1. The van der Waals surface area contributed by atoms with Crippen LogP contribution in [0, 0.1) is 22.9 Å². The Morgan fingerprint density at radius 2 is 1.78 bits per heavy atom. The van der Waals surface area contributed by atoms with Crippen molar-refractivity contribution in [1.29, 1.82) is 0 Å². The lowest BCUT2D eigenvalue weighted by Gasteiger charge is -2.26. The van der Waals surface area contributed by atoms with Gasteiger partial charge < -0.3 is 4.42 Å². The minimum atomic E-state index is -0.962. The van der Waals surface area contributed by atoms with Crippen LogP contribution < -0.4 is 10.2 Å². The number of nitro benzene ring substituents is 1. The summed E-state index contributed by atoms with van der Waals surface area (Å²) in [6.07, 6.45) is 1.16. The third-order valence-electron chi connectivity index (χ3n) is 4.79. The summed E-state index contributed by atoms with van der Waals surface area (Å²) in [6, 6.07) is 11.3. The Morgan fingerprint density at radius 1 is 1.06 bits per heavy atom. The van der Waals surface area contributed by atoms with Crippen LogP contribution in [0.15, 0.2) is 64.6 Å². The second-order valence-electron chi connectivity index (χ2n) is 6.89. The van der Waals surface area contributed by atoms with E-state index in [4.69, 9.17) is 4.42 Å². The first-order valence-electron chi connectivity index (χ1n) is 9.27. The fourth-order valence-electron chi connectivity index (χ4n) is 3.17. The minimum absolute atomic E-state index is 0.0749. The molecule has 160 valence electrons. The van der Waals surface area contributed by atoms with Crippen molar-refractivity contribution in [3.8, 4) is 11.3 Å². The molecular formula is C22H14FN3O6. The fraction of sp³-hybridized carbons (Fsp3) is 0.0455. The average Bonchev–Trinajstić information content (AvgIpc) is 3.21. The molecule has 0 radical (unpaired) electrons. The van der Waals surface area contributed by atoms with Crippen LogP contribution in [0.3, 0.4) is 0 Å². The number of amides is 4. The van der Waals surface area contributed by atoms with Crippen LogP contribution in [0.5, 0.6) is 0 Å². The molecule has 3 aromatic rings. The van der Waals surface area contributed by atoms with Crippen molar-refractivity contribution in [1.82, 2.24) is 5.32 Å². The molecule has 32 heavy (non-hydrogen) atoms. The number of aryl methyl sites for hydroxylation is 1. The van der Waals surface area contributed by atoms with Gasteiger partial charge in [0.2, 0.25) is 0 Å². The number of hydrogen-bond acceptors (Lipinski definition) is 6. The summed E-state index contributed by atoms with van der Waals surface area (Å²) in [4.78, 5) is 48.6. The zero-order chi connectivity index (χ0) is 23.0. The monoisotopic (exact) mass is 435 g/mol. The van der Waals surface area contributed by atoms with Gasteiger partial charge in [-0.25, -0.2) is 14.1 Å². The maximum atomic E-state index is 13.2. The highest BCUT2D eigenvalue weighted by Gasteiger charge is 2.37. The van der Waals surface area contributed by atoms with E-state index in [0.717, 1.165) is 18.2 Å². The lowest BCUT2D eigenvalue weighted by molar-refractivity contribution is -0.385. The fourth-order valence-corrected chi connectivity index (χ4v) is 3.17. The molecule has 0 saturated carbocycles. The summed E-state index contributed by atoms with van der Waals surface area (Å²) in [5.41, 5.74) is 0.565. The van der Waals surface area contributed by atoms with E-state index in [9.17, 15) is 28.9 Å². The van der Waals surface area contributed by atoms with E-state index in [2.05, 4.69) is 5.32 Å². The highest BCUT2D eigenvalue weighted by molar-refractivity contribution is 6.39. The molecule has 2 aromatic carbocycles. The smallest absolute Gasteiger partial charge is 0.335 e. The molecule has 1 aromatic heterocycles. The van der Waals surface area contributed by atoms with E-state index >= 15 is 0 Å². The van der Waals surface area contributed by atoms with E-state index in [1.54, 1.807) is 19.1 Å². The zero-order valence-electron chi connectivity index (χ0n) is 16.5. The molecule has 2 heterocycles. The Labute approximate surface area is 179 Å². The van der Waals surface area contributed by atoms with Crippen LogP contribution in [0.4, 0.5) is 20.6 Å². The molecule has 10 heteroatoms. The Balaban J connectivity index is 1.67. The third-order valence-corrected chi connectivity index (χ3v) is 4.79. The van der Waals surface area contributed by atoms with Crippen LogP contribution in [0.1, 0.15) is 11.3 Å². The zero-order valence-corrected chi connectivity index (χ0v) is 16.5. The summed E-state index contributed by atoms with van der Waals surface area (Å²) < 4.78 is 18.8. The molecule has 0 bridgehead atoms. The first-order chi connectivity index (χ1) is 15.2. The number of nitrogens with one attached hydrogen (secondary N) is 1. The van der Waals surface area contributed by atoms with Gasteiger partial charge in [0.25, 0.3) is 17.5 Å². The molecule has 0 aliphatic carbocycles. The highest BCUT2D eigenvalue weighted by Crippen LogP contribution is 2.29. The molecule has 1 aliphatic rings. The second-order valence-corrected chi connectivity index (χ2v) is 6.89. The van der Waals surface area contributed by atoms with Gasteiger partial charge in [-0.05, 0) is 49.4 Å². The van der Waals surface area contributed by atoms with Crippen molar-refractivity contribution in [2.75, 3.05) is 4.90 Å².